The predicted octanol–water partition coefficient (Wildman–Crippen LogP) is 0.844. The zero-order chi connectivity index (χ0) is 14.7. The topological polar surface area (TPSA) is 95.4 Å². The van der Waals surface area contributed by atoms with Gasteiger partial charge in [0, 0.05) is 20.1 Å². The molecule has 1 aromatic rings. The molecule has 2 atom stereocenters. The first-order valence-corrected chi connectivity index (χ1v) is 6.53. The van der Waals surface area contributed by atoms with Crippen LogP contribution >= 0.6 is 0 Å². The number of nitrogens with one attached hydrogen (secondary N) is 1. The first-order valence-electron chi connectivity index (χ1n) is 6.53. The van der Waals surface area contributed by atoms with Crippen molar-refractivity contribution >= 4 is 17.7 Å². The summed E-state index contributed by atoms with van der Waals surface area (Å²) in [6.45, 7) is 0. The Bertz CT molecular complexity index is 501. The van der Waals surface area contributed by atoms with Crippen molar-refractivity contribution in [1.82, 2.24) is 15.1 Å². The lowest BCUT2D eigenvalue weighted by Gasteiger charge is -2.17. The molecule has 2 rings (SSSR count). The number of anilines is 1. The number of hydrogen-bond donors (Lipinski definition) is 2. The molecule has 1 aromatic heterocycles. The fourth-order valence-corrected chi connectivity index (χ4v) is 2.37. The van der Waals surface area contributed by atoms with Gasteiger partial charge in [0.25, 0.3) is 5.91 Å². The highest BCUT2D eigenvalue weighted by atomic mass is 16.4. The molecule has 1 aliphatic carbocycles. The van der Waals surface area contributed by atoms with Gasteiger partial charge in [-0.1, -0.05) is 6.42 Å². The summed E-state index contributed by atoms with van der Waals surface area (Å²) in [5.41, 5.74) is 0.266. The van der Waals surface area contributed by atoms with Crippen LogP contribution in [0.2, 0.25) is 0 Å². The van der Waals surface area contributed by atoms with Crippen molar-refractivity contribution < 1.29 is 14.7 Å². The zero-order valence-electron chi connectivity index (χ0n) is 11.5. The van der Waals surface area contributed by atoms with Crippen LogP contribution in [0.1, 0.15) is 29.8 Å². The van der Waals surface area contributed by atoms with Crippen molar-refractivity contribution in [3.8, 4) is 0 Å². The molecule has 0 spiro atoms. The van der Waals surface area contributed by atoms with E-state index < -0.39 is 5.97 Å². The summed E-state index contributed by atoms with van der Waals surface area (Å²) in [6, 6.07) is 3.11. The largest absolute Gasteiger partial charge is 0.481 e. The minimum absolute atomic E-state index is 0.128. The number of carboxylic acids is 1. The van der Waals surface area contributed by atoms with Crippen LogP contribution in [0.15, 0.2) is 12.1 Å². The van der Waals surface area contributed by atoms with E-state index in [1.54, 1.807) is 26.2 Å². The SMILES string of the molecule is CN(C)C(=O)c1ccc(NC2CCCC2C(=O)O)nn1. The Kier molecular flexibility index (Phi) is 4.16. The summed E-state index contributed by atoms with van der Waals surface area (Å²) in [6.07, 6.45) is 2.37. The zero-order valence-corrected chi connectivity index (χ0v) is 11.5. The molecule has 0 bridgehead atoms. The number of carbonyl (C=O) groups is 2. The molecule has 0 aliphatic heterocycles. The van der Waals surface area contributed by atoms with Gasteiger partial charge in [-0.2, -0.15) is 0 Å². The lowest BCUT2D eigenvalue weighted by atomic mass is 10.0. The lowest BCUT2D eigenvalue weighted by Crippen LogP contribution is -2.30. The minimum atomic E-state index is -0.785. The van der Waals surface area contributed by atoms with Gasteiger partial charge in [-0.25, -0.2) is 0 Å². The fourth-order valence-electron chi connectivity index (χ4n) is 2.37. The molecule has 1 aliphatic rings. The third kappa shape index (κ3) is 3.04. The summed E-state index contributed by atoms with van der Waals surface area (Å²) in [4.78, 5) is 24.2. The second-order valence-corrected chi connectivity index (χ2v) is 5.13. The van der Waals surface area contributed by atoms with Crippen molar-refractivity contribution in [3.05, 3.63) is 17.8 Å². The van der Waals surface area contributed by atoms with Crippen LogP contribution in [0.5, 0.6) is 0 Å². The minimum Gasteiger partial charge on any atom is -0.481 e. The molecule has 1 fully saturated rings. The molecule has 7 nitrogen and oxygen atoms in total. The van der Waals surface area contributed by atoms with Gasteiger partial charge in [-0.15, -0.1) is 10.2 Å². The van der Waals surface area contributed by atoms with E-state index in [0.29, 0.717) is 12.2 Å². The van der Waals surface area contributed by atoms with Crippen molar-refractivity contribution in [2.75, 3.05) is 19.4 Å². The number of nitrogens with zero attached hydrogens (tertiary/aromatic N) is 3. The predicted molar refractivity (Wildman–Crippen MR) is 72.4 cm³/mol. The average Bonchev–Trinajstić information content (AvgIpc) is 2.87. The summed E-state index contributed by atoms with van der Waals surface area (Å²) in [5.74, 6) is -0.890. The molecule has 1 amide bonds. The second kappa shape index (κ2) is 5.85. The fraction of sp³-hybridized carbons (Fsp3) is 0.538. The lowest BCUT2D eigenvalue weighted by molar-refractivity contribution is -0.141. The van der Waals surface area contributed by atoms with E-state index in [1.807, 2.05) is 0 Å². The van der Waals surface area contributed by atoms with Gasteiger partial charge in [-0.3, -0.25) is 9.59 Å². The molecule has 2 unspecified atom stereocenters. The van der Waals surface area contributed by atoms with Crippen LogP contribution in [0.4, 0.5) is 5.82 Å². The number of rotatable bonds is 4. The van der Waals surface area contributed by atoms with Crippen molar-refractivity contribution in [3.63, 3.8) is 0 Å². The third-order valence-corrected chi connectivity index (χ3v) is 3.46. The number of aliphatic carboxylic acids is 1. The summed E-state index contributed by atoms with van der Waals surface area (Å²) < 4.78 is 0. The van der Waals surface area contributed by atoms with Gasteiger partial charge in [0.1, 0.15) is 5.82 Å². The maximum Gasteiger partial charge on any atom is 0.308 e. The monoisotopic (exact) mass is 278 g/mol. The van der Waals surface area contributed by atoms with E-state index in [9.17, 15) is 9.59 Å². The third-order valence-electron chi connectivity index (χ3n) is 3.46. The standard InChI is InChI=1S/C13H18N4O3/c1-17(2)12(18)10-6-7-11(16-15-10)14-9-5-3-4-8(9)13(19)20/h6-9H,3-5H2,1-2H3,(H,14,16)(H,19,20). The number of carboxylic acid groups (broad SMARTS) is 1. The van der Waals surface area contributed by atoms with E-state index in [1.165, 1.54) is 4.90 Å². The van der Waals surface area contributed by atoms with E-state index in [2.05, 4.69) is 15.5 Å². The highest BCUT2D eigenvalue weighted by molar-refractivity contribution is 5.91. The molecule has 20 heavy (non-hydrogen) atoms. The van der Waals surface area contributed by atoms with Crippen LogP contribution in [0, 0.1) is 5.92 Å². The maximum absolute atomic E-state index is 11.7. The van der Waals surface area contributed by atoms with Crippen molar-refractivity contribution in [2.45, 2.75) is 25.3 Å². The Morgan fingerprint density at radius 1 is 1.30 bits per heavy atom. The second-order valence-electron chi connectivity index (χ2n) is 5.13. The molecule has 1 heterocycles. The first kappa shape index (κ1) is 14.2. The summed E-state index contributed by atoms with van der Waals surface area (Å²) >= 11 is 0. The number of aromatic nitrogens is 2. The van der Waals surface area contributed by atoms with E-state index in [-0.39, 0.29) is 23.6 Å². The Morgan fingerprint density at radius 3 is 2.60 bits per heavy atom. The van der Waals surface area contributed by atoms with Crippen LogP contribution in [-0.4, -0.2) is 52.2 Å². The Balaban J connectivity index is 2.04. The van der Waals surface area contributed by atoms with Crippen LogP contribution in [0.25, 0.3) is 0 Å². The molecule has 0 radical (unpaired) electrons. The molecule has 2 N–H and O–H groups in total. The normalized spacial score (nSPS) is 21.5. The van der Waals surface area contributed by atoms with Crippen molar-refractivity contribution in [2.24, 2.45) is 5.92 Å². The van der Waals surface area contributed by atoms with E-state index in [0.717, 1.165) is 12.8 Å². The number of carbonyl (C=O) groups excluding carboxylic acids is 1. The number of amides is 1. The Hall–Kier alpha value is -2.18. The van der Waals surface area contributed by atoms with Gasteiger partial charge >= 0.3 is 5.97 Å². The molecule has 7 heteroatoms. The number of hydrogen-bond acceptors (Lipinski definition) is 5. The molecule has 1 saturated carbocycles. The highest BCUT2D eigenvalue weighted by Gasteiger charge is 2.33. The van der Waals surface area contributed by atoms with Gasteiger partial charge in [0.2, 0.25) is 0 Å². The van der Waals surface area contributed by atoms with Crippen LogP contribution in [-0.2, 0) is 4.79 Å². The molecular formula is C13H18N4O3. The van der Waals surface area contributed by atoms with E-state index in [4.69, 9.17) is 5.11 Å². The molecular weight excluding hydrogens is 260 g/mol. The van der Waals surface area contributed by atoms with Gasteiger partial charge in [0.05, 0.1) is 5.92 Å². The van der Waals surface area contributed by atoms with Gasteiger partial charge < -0.3 is 15.3 Å². The molecule has 0 aromatic carbocycles. The first-order chi connectivity index (χ1) is 9.49. The average molecular weight is 278 g/mol. The quantitative estimate of drug-likeness (QED) is 0.847. The summed E-state index contributed by atoms with van der Waals surface area (Å²) in [5, 5.41) is 20.0. The van der Waals surface area contributed by atoms with Crippen LogP contribution in [0.3, 0.4) is 0 Å². The van der Waals surface area contributed by atoms with Crippen molar-refractivity contribution in [1.29, 1.82) is 0 Å². The highest BCUT2D eigenvalue weighted by Crippen LogP contribution is 2.28. The molecule has 108 valence electrons. The summed E-state index contributed by atoms with van der Waals surface area (Å²) in [7, 11) is 3.29. The molecule has 0 saturated heterocycles. The van der Waals surface area contributed by atoms with E-state index >= 15 is 0 Å². The maximum atomic E-state index is 11.7. The smallest absolute Gasteiger partial charge is 0.308 e. The van der Waals surface area contributed by atoms with Gasteiger partial charge in [-0.05, 0) is 25.0 Å². The Labute approximate surface area is 117 Å². The van der Waals surface area contributed by atoms with Crippen LogP contribution < -0.4 is 5.32 Å². The van der Waals surface area contributed by atoms with Gasteiger partial charge in [0.15, 0.2) is 5.69 Å². The Morgan fingerprint density at radius 2 is 2.05 bits per heavy atom.